The zero-order valence-corrected chi connectivity index (χ0v) is 8.36. The van der Waals surface area contributed by atoms with Crippen LogP contribution >= 0.6 is 0 Å². The predicted octanol–water partition coefficient (Wildman–Crippen LogP) is 3.15. The van der Waals surface area contributed by atoms with Crippen molar-refractivity contribution in [2.75, 3.05) is 0 Å². The van der Waals surface area contributed by atoms with Gasteiger partial charge >= 0.3 is 0 Å². The molecule has 0 unspecified atom stereocenters. The second-order valence-corrected chi connectivity index (χ2v) is 3.98. The molecule has 0 aliphatic rings. The van der Waals surface area contributed by atoms with Crippen LogP contribution < -0.4 is 0 Å². The van der Waals surface area contributed by atoms with E-state index in [1.807, 2.05) is 13.8 Å². The fourth-order valence-corrected chi connectivity index (χ4v) is 1.47. The zero-order chi connectivity index (χ0) is 9.23. The topological polar surface area (TPSA) is 3.24 Å². The largest absolute Gasteiger partial charge is 0.345 e. The molecule has 0 N–H and O–H groups in total. The summed E-state index contributed by atoms with van der Waals surface area (Å²) in [4.78, 5) is 2.13. The normalized spacial score (nSPS) is 11.0. The summed E-state index contributed by atoms with van der Waals surface area (Å²) in [5.41, 5.74) is 2.19. The average molecular weight is 153 g/mol. The highest BCUT2D eigenvalue weighted by Gasteiger charge is 2.20. The first-order chi connectivity index (χ1) is 4.76. The molecular weight excluding hydrogens is 134 g/mol. The van der Waals surface area contributed by atoms with Crippen LogP contribution in [0.2, 0.25) is 0 Å². The standard InChI is InChI=1S/C10H19N/c1-8(2)11(9(3)4)10(5,6)7/h1,3H2,2,4-7H3. The number of hydrogen-bond donors (Lipinski definition) is 0. The van der Waals surface area contributed by atoms with E-state index in [0.29, 0.717) is 0 Å². The lowest BCUT2D eigenvalue weighted by Crippen LogP contribution is -2.37. The maximum atomic E-state index is 3.91. The third kappa shape index (κ3) is 2.79. The monoisotopic (exact) mass is 153 g/mol. The van der Waals surface area contributed by atoms with Gasteiger partial charge in [0.2, 0.25) is 0 Å². The highest BCUT2D eigenvalue weighted by Crippen LogP contribution is 2.22. The molecule has 0 aliphatic heterocycles. The van der Waals surface area contributed by atoms with E-state index in [1.165, 1.54) is 0 Å². The van der Waals surface area contributed by atoms with Crippen LogP contribution in [0.3, 0.4) is 0 Å². The van der Waals surface area contributed by atoms with Gasteiger partial charge in [0, 0.05) is 16.9 Å². The summed E-state index contributed by atoms with van der Waals surface area (Å²) in [7, 11) is 0. The molecule has 64 valence electrons. The maximum absolute atomic E-state index is 3.91. The van der Waals surface area contributed by atoms with E-state index < -0.39 is 0 Å². The lowest BCUT2D eigenvalue weighted by molar-refractivity contribution is 0.239. The smallest absolute Gasteiger partial charge is 0.0360 e. The van der Waals surface area contributed by atoms with Crippen molar-refractivity contribution in [1.29, 1.82) is 0 Å². The summed E-state index contributed by atoms with van der Waals surface area (Å²) >= 11 is 0. The molecule has 0 fully saturated rings. The molecule has 0 spiro atoms. The van der Waals surface area contributed by atoms with Crippen molar-refractivity contribution in [3.05, 3.63) is 24.6 Å². The second-order valence-electron chi connectivity index (χ2n) is 3.98. The molecule has 0 aliphatic carbocycles. The van der Waals surface area contributed by atoms with Gasteiger partial charge in [-0.05, 0) is 34.6 Å². The Morgan fingerprint density at radius 3 is 1.27 bits per heavy atom. The van der Waals surface area contributed by atoms with Crippen LogP contribution in [0, 0.1) is 0 Å². The van der Waals surface area contributed by atoms with Gasteiger partial charge in [-0.2, -0.15) is 0 Å². The van der Waals surface area contributed by atoms with Gasteiger partial charge < -0.3 is 4.90 Å². The summed E-state index contributed by atoms with van der Waals surface area (Å²) in [6.07, 6.45) is 0. The molecule has 0 saturated heterocycles. The van der Waals surface area contributed by atoms with Crippen molar-refractivity contribution in [1.82, 2.24) is 4.90 Å². The predicted molar refractivity (Wildman–Crippen MR) is 51.2 cm³/mol. The molecular formula is C10H19N. The molecule has 0 amide bonds. The van der Waals surface area contributed by atoms with Gasteiger partial charge in [-0.25, -0.2) is 0 Å². The fourth-order valence-electron chi connectivity index (χ4n) is 1.47. The molecule has 11 heavy (non-hydrogen) atoms. The molecule has 0 aromatic carbocycles. The molecule has 0 rings (SSSR count). The Balaban J connectivity index is 4.63. The number of nitrogens with zero attached hydrogens (tertiary/aromatic N) is 1. The molecule has 1 nitrogen and oxygen atoms in total. The maximum Gasteiger partial charge on any atom is 0.0360 e. The summed E-state index contributed by atoms with van der Waals surface area (Å²) in [5.74, 6) is 0. The molecule has 0 bridgehead atoms. The molecule has 0 heterocycles. The first-order valence-electron chi connectivity index (χ1n) is 3.88. The molecule has 0 saturated carbocycles. The minimum atomic E-state index is 0.0949. The van der Waals surface area contributed by atoms with E-state index in [0.717, 1.165) is 11.4 Å². The minimum Gasteiger partial charge on any atom is -0.345 e. The van der Waals surface area contributed by atoms with E-state index in [9.17, 15) is 0 Å². The lowest BCUT2D eigenvalue weighted by atomic mass is 10.0. The third-order valence-corrected chi connectivity index (χ3v) is 1.43. The third-order valence-electron chi connectivity index (χ3n) is 1.43. The second kappa shape index (κ2) is 3.12. The lowest BCUT2D eigenvalue weighted by Gasteiger charge is -2.38. The van der Waals surface area contributed by atoms with Crippen molar-refractivity contribution in [3.63, 3.8) is 0 Å². The van der Waals surface area contributed by atoms with E-state index in [4.69, 9.17) is 0 Å². The zero-order valence-electron chi connectivity index (χ0n) is 8.36. The van der Waals surface area contributed by atoms with Gasteiger partial charge in [-0.1, -0.05) is 13.2 Å². The van der Waals surface area contributed by atoms with Crippen molar-refractivity contribution in [3.8, 4) is 0 Å². The summed E-state index contributed by atoms with van der Waals surface area (Å²) in [6.45, 7) is 18.3. The molecule has 0 aromatic heterocycles. The van der Waals surface area contributed by atoms with Crippen LogP contribution in [0.5, 0.6) is 0 Å². The van der Waals surface area contributed by atoms with Crippen LogP contribution in [0.25, 0.3) is 0 Å². The quantitative estimate of drug-likeness (QED) is 0.589. The Morgan fingerprint density at radius 2 is 1.27 bits per heavy atom. The summed E-state index contributed by atoms with van der Waals surface area (Å²) in [6, 6.07) is 0. The SMILES string of the molecule is C=C(C)N(C(=C)C)C(C)(C)C. The summed E-state index contributed by atoms with van der Waals surface area (Å²) < 4.78 is 0. The highest BCUT2D eigenvalue weighted by atomic mass is 15.2. The Bertz CT molecular complexity index is 158. The first kappa shape index (κ1) is 10.3. The Kier molecular flexibility index (Phi) is 2.92. The van der Waals surface area contributed by atoms with Gasteiger partial charge in [0.05, 0.1) is 0 Å². The van der Waals surface area contributed by atoms with Crippen molar-refractivity contribution in [2.24, 2.45) is 0 Å². The van der Waals surface area contributed by atoms with E-state index >= 15 is 0 Å². The van der Waals surface area contributed by atoms with Gasteiger partial charge in [0.15, 0.2) is 0 Å². The number of rotatable bonds is 2. The highest BCUT2D eigenvalue weighted by molar-refractivity contribution is 5.07. The molecule has 0 atom stereocenters. The summed E-state index contributed by atoms with van der Waals surface area (Å²) in [5, 5.41) is 0. The van der Waals surface area contributed by atoms with Gasteiger partial charge in [0.1, 0.15) is 0 Å². The van der Waals surface area contributed by atoms with Crippen LogP contribution in [-0.2, 0) is 0 Å². The Morgan fingerprint density at radius 1 is 1.00 bits per heavy atom. The van der Waals surface area contributed by atoms with E-state index in [1.54, 1.807) is 0 Å². The van der Waals surface area contributed by atoms with Crippen molar-refractivity contribution in [2.45, 2.75) is 40.2 Å². The number of hydrogen-bond acceptors (Lipinski definition) is 1. The van der Waals surface area contributed by atoms with Crippen LogP contribution in [0.4, 0.5) is 0 Å². The van der Waals surface area contributed by atoms with Crippen molar-refractivity contribution < 1.29 is 0 Å². The van der Waals surface area contributed by atoms with E-state index in [-0.39, 0.29) is 5.54 Å². The van der Waals surface area contributed by atoms with Crippen LogP contribution in [-0.4, -0.2) is 10.4 Å². The Hall–Kier alpha value is -0.720. The molecule has 1 heteroatoms. The van der Waals surface area contributed by atoms with E-state index in [2.05, 4.69) is 38.8 Å². The van der Waals surface area contributed by atoms with Gasteiger partial charge in [-0.15, -0.1) is 0 Å². The van der Waals surface area contributed by atoms with Crippen molar-refractivity contribution >= 4 is 0 Å². The Labute approximate surface area is 70.4 Å². The minimum absolute atomic E-state index is 0.0949. The van der Waals surface area contributed by atoms with Gasteiger partial charge in [-0.3, -0.25) is 0 Å². The van der Waals surface area contributed by atoms with Crippen LogP contribution in [0.15, 0.2) is 24.6 Å². The number of allylic oxidation sites excluding steroid dienone is 2. The first-order valence-corrected chi connectivity index (χ1v) is 3.88. The van der Waals surface area contributed by atoms with Crippen LogP contribution in [0.1, 0.15) is 34.6 Å². The average Bonchev–Trinajstić information content (AvgIpc) is 1.54. The molecule has 0 aromatic rings. The fraction of sp³-hybridized carbons (Fsp3) is 0.600. The van der Waals surface area contributed by atoms with Gasteiger partial charge in [0.25, 0.3) is 0 Å². The molecule has 0 radical (unpaired) electrons.